The quantitative estimate of drug-likeness (QED) is 0.767. The maximum absolute atomic E-state index is 6.09. The lowest BCUT2D eigenvalue weighted by atomic mass is 9.88. The lowest BCUT2D eigenvalue weighted by molar-refractivity contribution is 0.451. The van der Waals surface area contributed by atoms with Crippen LogP contribution in [0.5, 0.6) is 0 Å². The molecule has 0 saturated heterocycles. The largest absolute Gasteiger partial charge is 0.309 e. The topological polar surface area (TPSA) is 12.0 Å². The number of rotatable bonds is 6. The Kier molecular flexibility index (Phi) is 5.44. The van der Waals surface area contributed by atoms with Gasteiger partial charge in [0.25, 0.3) is 0 Å². The number of hydrogen-bond acceptors (Lipinski definition) is 2. The van der Waals surface area contributed by atoms with E-state index in [1.165, 1.54) is 10.4 Å². The minimum absolute atomic E-state index is 0.342. The van der Waals surface area contributed by atoms with Crippen LogP contribution in [0.3, 0.4) is 0 Å². The van der Waals surface area contributed by atoms with Gasteiger partial charge in [0.05, 0.1) is 4.34 Å². The first-order valence-electron chi connectivity index (χ1n) is 6.79. The highest BCUT2D eigenvalue weighted by Crippen LogP contribution is 2.37. The Balaban J connectivity index is 2.31. The molecule has 2 rings (SSSR count). The summed E-state index contributed by atoms with van der Waals surface area (Å²) in [7, 11) is 0. The highest BCUT2D eigenvalue weighted by atomic mass is 35.5. The van der Waals surface area contributed by atoms with Crippen LogP contribution in [0, 0.1) is 0 Å². The van der Waals surface area contributed by atoms with Crippen molar-refractivity contribution in [1.29, 1.82) is 0 Å². The molecule has 0 aliphatic rings. The fourth-order valence-corrected chi connectivity index (χ4v) is 3.72. The number of thiophene rings is 1. The van der Waals surface area contributed by atoms with E-state index in [-0.39, 0.29) is 0 Å². The summed E-state index contributed by atoms with van der Waals surface area (Å²) >= 11 is 7.77. The molecule has 3 heteroatoms. The molecule has 0 aliphatic carbocycles. The fraction of sp³-hybridized carbons (Fsp3) is 0.375. The molecule has 1 aromatic heterocycles. The molecule has 0 fully saturated rings. The predicted molar refractivity (Wildman–Crippen MR) is 85.2 cm³/mol. The second-order valence-electron chi connectivity index (χ2n) is 4.60. The van der Waals surface area contributed by atoms with Crippen molar-refractivity contribution < 1.29 is 0 Å². The molecule has 0 aliphatic heterocycles. The fourth-order valence-electron chi connectivity index (χ4n) is 2.52. The number of nitrogens with one attached hydrogen (secondary N) is 1. The van der Waals surface area contributed by atoms with Crippen LogP contribution in [0.15, 0.2) is 42.5 Å². The average molecular weight is 294 g/mol. The summed E-state index contributed by atoms with van der Waals surface area (Å²) in [6, 6.07) is 15.2. The van der Waals surface area contributed by atoms with Crippen molar-refractivity contribution >= 4 is 22.9 Å². The first-order chi connectivity index (χ1) is 9.26. The minimum Gasteiger partial charge on any atom is -0.309 e. The van der Waals surface area contributed by atoms with E-state index in [1.54, 1.807) is 11.3 Å². The molecule has 102 valence electrons. The third kappa shape index (κ3) is 3.59. The molecule has 0 spiro atoms. The van der Waals surface area contributed by atoms with Crippen LogP contribution in [-0.4, -0.2) is 6.54 Å². The maximum atomic E-state index is 6.09. The van der Waals surface area contributed by atoms with Crippen molar-refractivity contribution in [3.05, 3.63) is 57.2 Å². The zero-order valence-electron chi connectivity index (χ0n) is 11.4. The summed E-state index contributed by atoms with van der Waals surface area (Å²) in [6.07, 6.45) is 1.11. The van der Waals surface area contributed by atoms with Crippen LogP contribution in [-0.2, 0) is 0 Å². The zero-order valence-corrected chi connectivity index (χ0v) is 13.0. The number of hydrogen-bond donors (Lipinski definition) is 1. The van der Waals surface area contributed by atoms with Crippen LogP contribution >= 0.6 is 22.9 Å². The minimum atomic E-state index is 0.342. The van der Waals surface area contributed by atoms with Gasteiger partial charge in [-0.1, -0.05) is 55.8 Å². The van der Waals surface area contributed by atoms with Crippen molar-refractivity contribution in [3.63, 3.8) is 0 Å². The zero-order chi connectivity index (χ0) is 13.7. The van der Waals surface area contributed by atoms with E-state index in [9.17, 15) is 0 Å². The smallest absolute Gasteiger partial charge is 0.0931 e. The summed E-state index contributed by atoms with van der Waals surface area (Å²) in [5.41, 5.74) is 1.39. The van der Waals surface area contributed by atoms with E-state index < -0.39 is 0 Å². The second-order valence-corrected chi connectivity index (χ2v) is 6.35. The van der Waals surface area contributed by atoms with Gasteiger partial charge in [-0.2, -0.15) is 0 Å². The molecule has 1 nitrogen and oxygen atoms in total. The van der Waals surface area contributed by atoms with Gasteiger partial charge in [0.2, 0.25) is 0 Å². The number of halogens is 1. The Labute approximate surface area is 124 Å². The Bertz CT molecular complexity index is 494. The van der Waals surface area contributed by atoms with Gasteiger partial charge in [0.1, 0.15) is 0 Å². The van der Waals surface area contributed by atoms with Gasteiger partial charge in [-0.15, -0.1) is 11.3 Å². The molecular formula is C16H20ClNS. The molecule has 2 atom stereocenters. The standard InChI is InChI=1S/C16H20ClNS/c1-3-13(12-8-6-5-7-9-12)16(18-4-2)14-10-11-15(17)19-14/h5-11,13,16,18H,3-4H2,1-2H3. The molecule has 19 heavy (non-hydrogen) atoms. The first-order valence-corrected chi connectivity index (χ1v) is 7.99. The molecule has 0 bridgehead atoms. The molecule has 0 amide bonds. The third-order valence-corrected chi connectivity index (χ3v) is 4.71. The molecule has 0 radical (unpaired) electrons. The average Bonchev–Trinajstić information content (AvgIpc) is 2.86. The normalized spacial score (nSPS) is 14.3. The van der Waals surface area contributed by atoms with Gasteiger partial charge in [-0.3, -0.25) is 0 Å². The first kappa shape index (κ1) is 14.6. The van der Waals surface area contributed by atoms with Gasteiger partial charge in [0, 0.05) is 16.8 Å². The van der Waals surface area contributed by atoms with Gasteiger partial charge in [-0.25, -0.2) is 0 Å². The van der Waals surface area contributed by atoms with Gasteiger partial charge < -0.3 is 5.32 Å². The van der Waals surface area contributed by atoms with Gasteiger partial charge >= 0.3 is 0 Å². The SMILES string of the molecule is CCNC(c1ccc(Cl)s1)C(CC)c1ccccc1. The molecular weight excluding hydrogens is 274 g/mol. The van der Waals surface area contributed by atoms with Crippen LogP contribution in [0.25, 0.3) is 0 Å². The third-order valence-electron chi connectivity index (χ3n) is 3.39. The van der Waals surface area contributed by atoms with Crippen molar-refractivity contribution in [3.8, 4) is 0 Å². The van der Waals surface area contributed by atoms with Crippen molar-refractivity contribution in [2.45, 2.75) is 32.2 Å². The van der Waals surface area contributed by atoms with Crippen LogP contribution in [0.4, 0.5) is 0 Å². The summed E-state index contributed by atoms with van der Waals surface area (Å²) in [5, 5.41) is 3.61. The number of likely N-dealkylation sites (N-methyl/N-ethyl adjacent to an activating group) is 1. The van der Waals surface area contributed by atoms with E-state index in [2.05, 4.69) is 55.6 Å². The van der Waals surface area contributed by atoms with Crippen LogP contribution in [0.2, 0.25) is 4.34 Å². The molecule has 0 saturated carbocycles. The molecule has 2 unspecified atom stereocenters. The van der Waals surface area contributed by atoms with Gasteiger partial charge in [0.15, 0.2) is 0 Å². The molecule has 1 aromatic carbocycles. The van der Waals surface area contributed by atoms with Crippen molar-refractivity contribution in [1.82, 2.24) is 5.32 Å². The van der Waals surface area contributed by atoms with E-state index in [1.807, 2.05) is 6.07 Å². The number of benzene rings is 1. The lowest BCUT2D eigenvalue weighted by Crippen LogP contribution is -2.26. The summed E-state index contributed by atoms with van der Waals surface area (Å²) in [4.78, 5) is 1.32. The summed E-state index contributed by atoms with van der Waals surface area (Å²) < 4.78 is 0.862. The Morgan fingerprint density at radius 2 is 1.84 bits per heavy atom. The highest BCUT2D eigenvalue weighted by molar-refractivity contribution is 7.16. The lowest BCUT2D eigenvalue weighted by Gasteiger charge is -2.26. The van der Waals surface area contributed by atoms with Crippen LogP contribution < -0.4 is 5.32 Å². The molecule has 1 heterocycles. The highest BCUT2D eigenvalue weighted by Gasteiger charge is 2.23. The Morgan fingerprint density at radius 1 is 1.11 bits per heavy atom. The summed E-state index contributed by atoms with van der Waals surface area (Å²) in [5.74, 6) is 0.482. The maximum Gasteiger partial charge on any atom is 0.0931 e. The monoisotopic (exact) mass is 293 g/mol. The Hall–Kier alpha value is -0.830. The van der Waals surface area contributed by atoms with E-state index in [0.29, 0.717) is 12.0 Å². The predicted octanol–water partition coefficient (Wildman–Crippen LogP) is 5.25. The summed E-state index contributed by atoms with van der Waals surface area (Å²) in [6.45, 7) is 5.36. The second kappa shape index (κ2) is 7.09. The van der Waals surface area contributed by atoms with Crippen molar-refractivity contribution in [2.75, 3.05) is 6.54 Å². The van der Waals surface area contributed by atoms with Crippen molar-refractivity contribution in [2.24, 2.45) is 0 Å². The van der Waals surface area contributed by atoms with E-state index >= 15 is 0 Å². The van der Waals surface area contributed by atoms with E-state index in [4.69, 9.17) is 11.6 Å². The van der Waals surface area contributed by atoms with E-state index in [0.717, 1.165) is 17.3 Å². The molecule has 2 aromatic rings. The Morgan fingerprint density at radius 3 is 2.37 bits per heavy atom. The van der Waals surface area contributed by atoms with Gasteiger partial charge in [-0.05, 0) is 30.7 Å². The van der Waals surface area contributed by atoms with Crippen LogP contribution in [0.1, 0.15) is 42.7 Å². The molecule has 1 N–H and O–H groups in total.